The van der Waals surface area contributed by atoms with Gasteiger partial charge in [0.25, 0.3) is 0 Å². The summed E-state index contributed by atoms with van der Waals surface area (Å²) in [6, 6.07) is 7.81. The Morgan fingerprint density at radius 3 is 2.88 bits per heavy atom. The molecule has 0 unspecified atom stereocenters. The normalized spacial score (nSPS) is 19.0. The third-order valence-electron chi connectivity index (χ3n) is 4.18. The predicted molar refractivity (Wildman–Crippen MR) is 92.3 cm³/mol. The van der Waals surface area contributed by atoms with Crippen LogP contribution in [0, 0.1) is 5.92 Å². The fraction of sp³-hybridized carbons (Fsp3) is 0.222. The van der Waals surface area contributed by atoms with Crippen LogP contribution in [-0.4, -0.2) is 20.9 Å². The van der Waals surface area contributed by atoms with Crippen LogP contribution in [0.25, 0.3) is 11.3 Å². The van der Waals surface area contributed by atoms with Crippen molar-refractivity contribution in [1.82, 2.24) is 20.3 Å². The molecular weight excluding hydrogens is 320 g/mol. The van der Waals surface area contributed by atoms with E-state index in [2.05, 4.69) is 20.3 Å². The van der Waals surface area contributed by atoms with Gasteiger partial charge in [0, 0.05) is 41.6 Å². The number of hydrogen-bond donors (Lipinski definition) is 1. The van der Waals surface area contributed by atoms with Gasteiger partial charge in [0.2, 0.25) is 5.91 Å². The second-order valence-electron chi connectivity index (χ2n) is 5.82. The van der Waals surface area contributed by atoms with Gasteiger partial charge in [-0.1, -0.05) is 6.07 Å². The lowest BCUT2D eigenvalue weighted by atomic mass is 10.1. The molecule has 1 saturated carbocycles. The number of carbonyl (C=O) groups is 1. The zero-order valence-electron chi connectivity index (χ0n) is 12.9. The third kappa shape index (κ3) is 3.19. The van der Waals surface area contributed by atoms with Crippen molar-refractivity contribution in [3.05, 3.63) is 65.0 Å². The number of amides is 1. The Labute approximate surface area is 143 Å². The monoisotopic (exact) mass is 336 g/mol. The van der Waals surface area contributed by atoms with Gasteiger partial charge >= 0.3 is 0 Å². The lowest BCUT2D eigenvalue weighted by Gasteiger charge is -2.03. The van der Waals surface area contributed by atoms with Gasteiger partial charge in [-0.25, -0.2) is 4.98 Å². The van der Waals surface area contributed by atoms with Crippen LogP contribution in [0.2, 0.25) is 0 Å². The van der Waals surface area contributed by atoms with Crippen molar-refractivity contribution in [3.8, 4) is 11.3 Å². The summed E-state index contributed by atoms with van der Waals surface area (Å²) in [5, 5.41) is 5.92. The summed E-state index contributed by atoms with van der Waals surface area (Å²) in [4.78, 5) is 25.0. The minimum Gasteiger partial charge on any atom is -0.349 e. The van der Waals surface area contributed by atoms with Gasteiger partial charge in [0.15, 0.2) is 0 Å². The molecule has 0 saturated heterocycles. The Morgan fingerprint density at radius 2 is 2.08 bits per heavy atom. The van der Waals surface area contributed by atoms with E-state index in [0.717, 1.165) is 28.2 Å². The number of carbonyl (C=O) groups excluding carboxylic acids is 1. The molecule has 24 heavy (non-hydrogen) atoms. The second-order valence-corrected chi connectivity index (χ2v) is 6.76. The smallest absolute Gasteiger partial charge is 0.224 e. The molecule has 1 fully saturated rings. The van der Waals surface area contributed by atoms with Gasteiger partial charge in [-0.15, -0.1) is 11.3 Å². The molecule has 0 bridgehead atoms. The van der Waals surface area contributed by atoms with Crippen molar-refractivity contribution in [2.75, 3.05) is 0 Å². The first-order valence-corrected chi connectivity index (χ1v) is 8.71. The van der Waals surface area contributed by atoms with Crippen LogP contribution in [0.15, 0.2) is 54.4 Å². The molecule has 120 valence electrons. The Morgan fingerprint density at radius 1 is 1.21 bits per heavy atom. The molecule has 1 amide bonds. The molecule has 5 nitrogen and oxygen atoms in total. The maximum atomic E-state index is 12.3. The number of hydrogen-bond acceptors (Lipinski definition) is 5. The van der Waals surface area contributed by atoms with Crippen LogP contribution in [0.4, 0.5) is 0 Å². The number of aromatic nitrogens is 3. The largest absolute Gasteiger partial charge is 0.349 e. The molecule has 3 heterocycles. The number of thiazole rings is 1. The fourth-order valence-corrected chi connectivity index (χ4v) is 3.53. The van der Waals surface area contributed by atoms with Gasteiger partial charge < -0.3 is 5.32 Å². The van der Waals surface area contributed by atoms with Crippen molar-refractivity contribution in [2.45, 2.75) is 18.9 Å². The van der Waals surface area contributed by atoms with Crippen LogP contribution < -0.4 is 5.32 Å². The first-order valence-electron chi connectivity index (χ1n) is 7.83. The van der Waals surface area contributed by atoms with Crippen molar-refractivity contribution >= 4 is 17.2 Å². The van der Waals surface area contributed by atoms with E-state index in [1.54, 1.807) is 29.9 Å². The number of rotatable bonds is 5. The highest BCUT2D eigenvalue weighted by Crippen LogP contribution is 2.47. The van der Waals surface area contributed by atoms with Crippen molar-refractivity contribution < 1.29 is 4.79 Å². The Hall–Kier alpha value is -2.60. The van der Waals surface area contributed by atoms with Crippen LogP contribution >= 0.6 is 11.3 Å². The molecule has 1 aliphatic rings. The first-order chi connectivity index (χ1) is 11.8. The summed E-state index contributed by atoms with van der Waals surface area (Å²) < 4.78 is 0. The van der Waals surface area contributed by atoms with Crippen molar-refractivity contribution in [3.63, 3.8) is 0 Å². The molecule has 0 spiro atoms. The first kappa shape index (κ1) is 15.0. The Bertz CT molecular complexity index is 834. The number of nitrogens with zero attached hydrogens (tertiary/aromatic N) is 3. The van der Waals surface area contributed by atoms with Gasteiger partial charge in [-0.05, 0) is 36.1 Å². The summed E-state index contributed by atoms with van der Waals surface area (Å²) in [7, 11) is 0. The highest BCUT2D eigenvalue weighted by atomic mass is 32.1. The minimum absolute atomic E-state index is 0.0637. The maximum absolute atomic E-state index is 12.3. The molecule has 1 N–H and O–H groups in total. The third-order valence-corrected chi connectivity index (χ3v) is 5.03. The molecular formula is C18H16N4OS. The lowest BCUT2D eigenvalue weighted by Crippen LogP contribution is -2.24. The number of nitrogens with one attached hydrogen (secondary N) is 1. The maximum Gasteiger partial charge on any atom is 0.224 e. The van der Waals surface area contributed by atoms with Gasteiger partial charge in [-0.3, -0.25) is 14.8 Å². The summed E-state index contributed by atoms with van der Waals surface area (Å²) in [5.74, 6) is 0.473. The van der Waals surface area contributed by atoms with Crippen LogP contribution in [0.1, 0.15) is 22.9 Å². The predicted octanol–water partition coefficient (Wildman–Crippen LogP) is 3.02. The van der Waals surface area contributed by atoms with Gasteiger partial charge in [-0.2, -0.15) is 0 Å². The quantitative estimate of drug-likeness (QED) is 0.778. The zero-order valence-corrected chi connectivity index (χ0v) is 13.7. The lowest BCUT2D eigenvalue weighted by molar-refractivity contribution is -0.122. The fourth-order valence-electron chi connectivity index (χ4n) is 2.79. The molecule has 3 aromatic rings. The highest BCUT2D eigenvalue weighted by molar-refractivity contribution is 7.09. The summed E-state index contributed by atoms with van der Waals surface area (Å²) in [5.41, 5.74) is 3.11. The van der Waals surface area contributed by atoms with Crippen LogP contribution in [-0.2, 0) is 11.3 Å². The molecule has 4 rings (SSSR count). The average Bonchev–Trinajstić information content (AvgIpc) is 3.31. The molecule has 0 aromatic carbocycles. The van der Waals surface area contributed by atoms with E-state index in [4.69, 9.17) is 0 Å². The summed E-state index contributed by atoms with van der Waals surface area (Å²) in [6.45, 7) is 0.477. The van der Waals surface area contributed by atoms with Crippen molar-refractivity contribution in [1.29, 1.82) is 0 Å². The van der Waals surface area contributed by atoms with Gasteiger partial charge in [0.1, 0.15) is 5.01 Å². The highest BCUT2D eigenvalue weighted by Gasteiger charge is 2.43. The second kappa shape index (κ2) is 6.49. The molecule has 6 heteroatoms. The van der Waals surface area contributed by atoms with E-state index in [1.807, 2.05) is 35.8 Å². The zero-order chi connectivity index (χ0) is 16.4. The molecule has 0 aliphatic heterocycles. The average molecular weight is 336 g/mol. The van der Waals surface area contributed by atoms with Crippen LogP contribution in [0.5, 0.6) is 0 Å². The van der Waals surface area contributed by atoms with Gasteiger partial charge in [0.05, 0.1) is 12.2 Å². The topological polar surface area (TPSA) is 67.8 Å². The van der Waals surface area contributed by atoms with Crippen LogP contribution in [0.3, 0.4) is 0 Å². The van der Waals surface area contributed by atoms with E-state index in [0.29, 0.717) is 12.5 Å². The van der Waals surface area contributed by atoms with E-state index in [1.165, 1.54) is 0 Å². The Balaban J connectivity index is 1.33. The van der Waals surface area contributed by atoms with E-state index < -0.39 is 0 Å². The molecule has 1 aliphatic carbocycles. The molecule has 3 aromatic heterocycles. The molecule has 0 radical (unpaired) electrons. The number of pyridine rings is 2. The summed E-state index contributed by atoms with van der Waals surface area (Å²) >= 11 is 1.56. The van der Waals surface area contributed by atoms with Crippen molar-refractivity contribution in [2.24, 2.45) is 5.92 Å². The summed E-state index contributed by atoms with van der Waals surface area (Å²) in [6.07, 6.45) is 8.00. The SMILES string of the molecule is O=C(NCc1nc(-c2ccncc2)cs1)[C@H]1C[C@@H]1c1cccnc1. The Kier molecular flexibility index (Phi) is 4.04. The minimum atomic E-state index is 0.0637. The molecule has 2 atom stereocenters. The van der Waals surface area contributed by atoms with E-state index in [-0.39, 0.29) is 11.8 Å². The van der Waals surface area contributed by atoms with E-state index in [9.17, 15) is 4.79 Å². The van der Waals surface area contributed by atoms with E-state index >= 15 is 0 Å². The standard InChI is InChI=1S/C18H16N4OS/c23-18(15-8-14(15)13-2-1-5-20-9-13)21-10-17-22-16(11-24-17)12-3-6-19-7-4-12/h1-7,9,11,14-15H,8,10H2,(H,21,23)/t14-,15+/m1/s1.